The largest absolute Gasteiger partial charge is 0.426 e. The van der Waals surface area contributed by atoms with E-state index in [1.165, 1.54) is 12.1 Å². The third kappa shape index (κ3) is 8.28. The Bertz CT molecular complexity index is 1310. The minimum Gasteiger partial charge on any atom is -0.426 e. The van der Waals surface area contributed by atoms with Crippen molar-refractivity contribution in [1.29, 1.82) is 0 Å². The first-order chi connectivity index (χ1) is 19.9. The summed E-state index contributed by atoms with van der Waals surface area (Å²) in [4.78, 5) is 0. The normalized spacial score (nSPS) is 11.1. The Hall–Kier alpha value is -3.47. The molecule has 0 heterocycles. The number of rotatable bonds is 14. The van der Waals surface area contributed by atoms with E-state index in [0.29, 0.717) is 37.2 Å². The molecule has 11 heteroatoms. The van der Waals surface area contributed by atoms with Gasteiger partial charge in [-0.05, 0) is 57.2 Å². The molecule has 0 aliphatic rings. The van der Waals surface area contributed by atoms with E-state index in [4.69, 9.17) is 25.5 Å². The lowest BCUT2D eigenvalue weighted by Crippen LogP contribution is -2.46. The molecule has 0 atom stereocenters. The number of benzene rings is 4. The van der Waals surface area contributed by atoms with Crippen LogP contribution in [-0.4, -0.2) is 40.1 Å². The van der Waals surface area contributed by atoms with E-state index in [2.05, 4.69) is 0 Å². The van der Waals surface area contributed by atoms with E-state index in [1.54, 1.807) is 0 Å². The monoisotopic (exact) mass is 564 g/mol. The summed E-state index contributed by atoms with van der Waals surface area (Å²) in [5.74, 6) is -3.72. The lowest BCUT2D eigenvalue weighted by Gasteiger charge is -2.16. The molecule has 0 radical (unpaired) electrons. The van der Waals surface area contributed by atoms with Crippen molar-refractivity contribution in [2.45, 2.75) is 13.2 Å². The second-order valence-corrected chi connectivity index (χ2v) is 9.40. The van der Waals surface area contributed by atoms with E-state index in [1.807, 2.05) is 48.5 Å². The van der Waals surface area contributed by atoms with Crippen molar-refractivity contribution in [3.63, 3.8) is 0 Å². The number of nitrogens with two attached hydrogens (primary N) is 2. The van der Waals surface area contributed by atoms with Crippen LogP contribution in [0.3, 0.4) is 0 Å². The van der Waals surface area contributed by atoms with Crippen molar-refractivity contribution in [3.8, 4) is 0 Å². The smallest absolute Gasteiger partial charge is 0.361 e. The summed E-state index contributed by atoms with van der Waals surface area (Å²) in [5.41, 5.74) is 15.5. The van der Waals surface area contributed by atoms with Crippen molar-refractivity contribution < 1.29 is 31.6 Å². The Morgan fingerprint density at radius 1 is 0.488 bits per heavy atom. The summed E-state index contributed by atoms with van der Waals surface area (Å²) >= 11 is 0. The minimum atomic E-state index is -0.940. The van der Waals surface area contributed by atoms with Crippen LogP contribution in [0.2, 0.25) is 0 Å². The molecule has 0 spiro atoms. The van der Waals surface area contributed by atoms with Crippen LogP contribution in [0.15, 0.2) is 84.9 Å². The lowest BCUT2D eigenvalue weighted by molar-refractivity contribution is 0.107. The van der Waals surface area contributed by atoms with Crippen LogP contribution in [0.1, 0.15) is 11.1 Å². The summed E-state index contributed by atoms with van der Waals surface area (Å²) < 4.78 is 72.0. The van der Waals surface area contributed by atoms with Crippen molar-refractivity contribution in [2.75, 3.05) is 26.3 Å². The molecule has 0 bridgehead atoms. The molecule has 4 aromatic rings. The molecule has 212 valence electrons. The predicted molar refractivity (Wildman–Crippen MR) is 154 cm³/mol. The first kappa shape index (κ1) is 30.5. The molecular formula is C30H30B2F4N2O3. The first-order valence-corrected chi connectivity index (χ1v) is 13.2. The molecule has 0 aromatic heterocycles. The molecule has 0 aliphatic heterocycles. The second-order valence-electron chi connectivity index (χ2n) is 9.40. The van der Waals surface area contributed by atoms with Crippen molar-refractivity contribution in [3.05, 3.63) is 119 Å². The van der Waals surface area contributed by atoms with Gasteiger partial charge in [-0.1, -0.05) is 60.7 Å². The maximum absolute atomic E-state index is 13.8. The van der Waals surface area contributed by atoms with E-state index in [0.717, 1.165) is 46.3 Å². The Labute approximate surface area is 237 Å². The Balaban J connectivity index is 1.37. The molecule has 4 rings (SSSR count). The zero-order valence-electron chi connectivity index (χ0n) is 22.4. The molecular weight excluding hydrogens is 534 g/mol. The molecule has 41 heavy (non-hydrogen) atoms. The van der Waals surface area contributed by atoms with Gasteiger partial charge in [0.05, 0.1) is 13.2 Å². The summed E-state index contributed by atoms with van der Waals surface area (Å²) in [6.07, 6.45) is 0. The highest BCUT2D eigenvalue weighted by molar-refractivity contribution is 6.80. The SMILES string of the molecule is NCCOB(c1ccc(COCc2ccc(B(OCCN)c3ccc(F)c(F)c3)cc2)cc1)c1ccc(F)c(F)c1. The van der Waals surface area contributed by atoms with Crippen LogP contribution in [-0.2, 0) is 27.3 Å². The quantitative estimate of drug-likeness (QED) is 0.181. The van der Waals surface area contributed by atoms with Gasteiger partial charge in [0.2, 0.25) is 0 Å². The van der Waals surface area contributed by atoms with Gasteiger partial charge in [0.25, 0.3) is 0 Å². The van der Waals surface area contributed by atoms with Gasteiger partial charge in [-0.3, -0.25) is 0 Å². The van der Waals surface area contributed by atoms with Crippen LogP contribution in [0.4, 0.5) is 17.6 Å². The molecule has 0 amide bonds. The molecule has 0 saturated carbocycles. The molecule has 0 unspecified atom stereocenters. The van der Waals surface area contributed by atoms with Crippen molar-refractivity contribution in [1.82, 2.24) is 0 Å². The topological polar surface area (TPSA) is 79.7 Å². The average Bonchev–Trinajstić information content (AvgIpc) is 2.98. The van der Waals surface area contributed by atoms with Gasteiger partial charge in [-0.2, -0.15) is 0 Å². The highest BCUT2D eigenvalue weighted by Crippen LogP contribution is 2.09. The van der Waals surface area contributed by atoms with Crippen molar-refractivity contribution in [2.24, 2.45) is 11.5 Å². The van der Waals surface area contributed by atoms with E-state index >= 15 is 0 Å². The molecule has 0 saturated heterocycles. The Morgan fingerprint density at radius 3 is 1.20 bits per heavy atom. The fourth-order valence-electron chi connectivity index (χ4n) is 4.36. The number of hydrogen-bond acceptors (Lipinski definition) is 5. The van der Waals surface area contributed by atoms with Gasteiger partial charge in [-0.15, -0.1) is 0 Å². The standard InChI is InChI=1S/C30H30B2F4N2O3/c33-27-11-9-25(17-29(27)35)31(40-15-13-37)23-5-1-21(2-6-23)19-39-20-22-3-7-24(8-4-22)32(41-16-14-38)26-10-12-28(34)30(36)18-26/h1-12,17-18H,13-16,19-20,37-38H2. The average molecular weight is 564 g/mol. The van der Waals surface area contributed by atoms with Gasteiger partial charge in [0.1, 0.15) is 0 Å². The van der Waals surface area contributed by atoms with E-state index in [9.17, 15) is 17.6 Å². The minimum absolute atomic E-state index is 0.258. The molecule has 0 fully saturated rings. The number of halogens is 4. The van der Waals surface area contributed by atoms with Gasteiger partial charge in [0, 0.05) is 26.3 Å². The first-order valence-electron chi connectivity index (χ1n) is 13.2. The van der Waals surface area contributed by atoms with E-state index < -0.39 is 37.1 Å². The zero-order valence-corrected chi connectivity index (χ0v) is 22.4. The number of hydrogen-bond donors (Lipinski definition) is 2. The van der Waals surface area contributed by atoms with Crippen LogP contribution < -0.4 is 33.3 Å². The van der Waals surface area contributed by atoms with Crippen LogP contribution >= 0.6 is 0 Å². The van der Waals surface area contributed by atoms with Gasteiger partial charge in [-0.25, -0.2) is 17.6 Å². The zero-order chi connectivity index (χ0) is 29.2. The molecule has 4 aromatic carbocycles. The number of ether oxygens (including phenoxy) is 1. The van der Waals surface area contributed by atoms with Gasteiger partial charge >= 0.3 is 13.8 Å². The summed E-state index contributed by atoms with van der Waals surface area (Å²) in [6, 6.07) is 22.4. The van der Waals surface area contributed by atoms with Crippen LogP contribution in [0.25, 0.3) is 0 Å². The highest BCUT2D eigenvalue weighted by Gasteiger charge is 2.24. The summed E-state index contributed by atoms with van der Waals surface area (Å²) in [6.45, 7) is 0.606. The highest BCUT2D eigenvalue weighted by atomic mass is 19.2. The lowest BCUT2D eigenvalue weighted by atomic mass is 9.55. The summed E-state index contributed by atoms with van der Waals surface area (Å²) in [7, 11) is 0. The Kier molecular flexibility index (Phi) is 11.1. The molecule has 5 nitrogen and oxygen atoms in total. The van der Waals surface area contributed by atoms with Gasteiger partial charge in [0.15, 0.2) is 23.3 Å². The van der Waals surface area contributed by atoms with E-state index in [-0.39, 0.29) is 13.2 Å². The van der Waals surface area contributed by atoms with Crippen LogP contribution in [0, 0.1) is 23.3 Å². The summed E-state index contributed by atoms with van der Waals surface area (Å²) in [5, 5.41) is 0. The molecule has 4 N–H and O–H groups in total. The maximum Gasteiger partial charge on any atom is 0.361 e. The van der Waals surface area contributed by atoms with Crippen LogP contribution in [0.5, 0.6) is 0 Å². The molecule has 0 aliphatic carbocycles. The maximum atomic E-state index is 13.8. The fourth-order valence-corrected chi connectivity index (χ4v) is 4.36. The fraction of sp³-hybridized carbons (Fsp3) is 0.200. The van der Waals surface area contributed by atoms with Gasteiger partial charge < -0.3 is 25.5 Å². The third-order valence-electron chi connectivity index (χ3n) is 6.40. The second kappa shape index (κ2) is 15.0. The van der Waals surface area contributed by atoms with Crippen molar-refractivity contribution >= 4 is 35.7 Å². The third-order valence-corrected chi connectivity index (χ3v) is 6.40. The Morgan fingerprint density at radius 2 is 0.854 bits per heavy atom. The predicted octanol–water partition coefficient (Wildman–Crippen LogP) is 2.12.